The summed E-state index contributed by atoms with van der Waals surface area (Å²) >= 11 is 0. The lowest BCUT2D eigenvalue weighted by Crippen LogP contribution is -2.46. The Morgan fingerprint density at radius 2 is 1.42 bits per heavy atom. The Morgan fingerprint density at radius 1 is 0.885 bits per heavy atom. The van der Waals surface area contributed by atoms with Crippen LogP contribution in [0.5, 0.6) is 0 Å². The minimum absolute atomic E-state index is 0.00977. The zero-order valence-corrected chi connectivity index (χ0v) is 16.1. The average molecular weight is 352 g/mol. The normalized spacial score (nSPS) is 11.1. The minimum atomic E-state index is -0.302. The predicted molar refractivity (Wildman–Crippen MR) is 106 cm³/mol. The van der Waals surface area contributed by atoms with Gasteiger partial charge in [0.15, 0.2) is 0 Å². The number of carbonyl (C=O) groups is 2. The summed E-state index contributed by atoms with van der Waals surface area (Å²) in [5.41, 5.74) is 1.64. The Labute approximate surface area is 156 Å². The molecule has 0 atom stereocenters. The fraction of sp³-hybridized carbons (Fsp3) is 0.364. The van der Waals surface area contributed by atoms with Gasteiger partial charge in [-0.25, -0.2) is 0 Å². The Bertz CT molecular complexity index is 721. The summed E-state index contributed by atoms with van der Waals surface area (Å²) in [4.78, 5) is 28.5. The van der Waals surface area contributed by atoms with E-state index in [1.807, 2.05) is 81.4 Å². The molecule has 0 aromatic heterocycles. The molecular weight excluding hydrogens is 324 g/mol. The van der Waals surface area contributed by atoms with Crippen LogP contribution in [-0.2, 0) is 16.1 Å². The van der Waals surface area contributed by atoms with E-state index in [1.54, 1.807) is 16.7 Å². The third-order valence-corrected chi connectivity index (χ3v) is 4.29. The lowest BCUT2D eigenvalue weighted by molar-refractivity contribution is -0.134. The molecule has 0 radical (unpaired) electrons. The van der Waals surface area contributed by atoms with Crippen molar-refractivity contribution in [3.63, 3.8) is 0 Å². The highest BCUT2D eigenvalue weighted by atomic mass is 16.2. The van der Waals surface area contributed by atoms with E-state index in [9.17, 15) is 9.59 Å². The Morgan fingerprint density at radius 3 is 1.92 bits per heavy atom. The summed E-state index contributed by atoms with van der Waals surface area (Å²) < 4.78 is 0. The molecule has 4 heteroatoms. The molecule has 2 aromatic rings. The third-order valence-electron chi connectivity index (χ3n) is 4.29. The number of nitrogens with zero attached hydrogens (tertiary/aromatic N) is 2. The fourth-order valence-corrected chi connectivity index (χ4v) is 3.00. The number of amides is 2. The van der Waals surface area contributed by atoms with Gasteiger partial charge < -0.3 is 9.80 Å². The van der Waals surface area contributed by atoms with Crippen LogP contribution in [0.25, 0.3) is 0 Å². The first kappa shape index (κ1) is 19.7. The van der Waals surface area contributed by atoms with Crippen molar-refractivity contribution < 1.29 is 9.59 Å². The predicted octanol–water partition coefficient (Wildman–Crippen LogP) is 4.26. The van der Waals surface area contributed by atoms with Gasteiger partial charge in [0.05, 0.1) is 6.54 Å². The minimum Gasteiger partial charge on any atom is -0.338 e. The van der Waals surface area contributed by atoms with Crippen molar-refractivity contribution in [1.29, 1.82) is 0 Å². The van der Waals surface area contributed by atoms with Crippen LogP contribution in [0.15, 0.2) is 60.7 Å². The highest BCUT2D eigenvalue weighted by Crippen LogP contribution is 2.20. The van der Waals surface area contributed by atoms with Gasteiger partial charge in [-0.2, -0.15) is 0 Å². The van der Waals surface area contributed by atoms with Crippen molar-refractivity contribution >= 4 is 17.5 Å². The number of anilines is 1. The zero-order chi connectivity index (χ0) is 19.2. The second-order valence-electron chi connectivity index (χ2n) is 7.39. The molecule has 2 rings (SSSR count). The number of hydrogen-bond donors (Lipinski definition) is 0. The zero-order valence-electron chi connectivity index (χ0n) is 16.1. The molecule has 0 aliphatic carbocycles. The molecule has 138 valence electrons. The highest BCUT2D eigenvalue weighted by molar-refractivity contribution is 5.93. The standard InChI is InChI=1S/C22H28N2O2/c1-18(25)24(22(2,3)4)16-15-21(26)23(20-13-9-6-10-14-20)17-19-11-7-5-8-12-19/h5-14H,15-17H2,1-4H3. The van der Waals surface area contributed by atoms with Gasteiger partial charge in [-0.3, -0.25) is 9.59 Å². The van der Waals surface area contributed by atoms with Crippen LogP contribution in [-0.4, -0.2) is 28.8 Å². The summed E-state index contributed by atoms with van der Waals surface area (Å²) in [5.74, 6) is -0.00447. The van der Waals surface area contributed by atoms with Gasteiger partial charge in [0.25, 0.3) is 0 Å². The smallest absolute Gasteiger partial charge is 0.229 e. The van der Waals surface area contributed by atoms with Crippen molar-refractivity contribution in [2.75, 3.05) is 11.4 Å². The third kappa shape index (κ3) is 5.45. The van der Waals surface area contributed by atoms with Gasteiger partial charge in [-0.1, -0.05) is 48.5 Å². The maximum absolute atomic E-state index is 13.0. The molecule has 0 N–H and O–H groups in total. The van der Waals surface area contributed by atoms with Gasteiger partial charge in [0.1, 0.15) is 0 Å². The summed E-state index contributed by atoms with van der Waals surface area (Å²) in [5, 5.41) is 0. The Hall–Kier alpha value is -2.62. The second kappa shape index (κ2) is 8.65. The maximum atomic E-state index is 13.0. The van der Waals surface area contributed by atoms with E-state index in [2.05, 4.69) is 0 Å². The molecule has 0 fully saturated rings. The molecule has 0 aliphatic heterocycles. The van der Waals surface area contributed by atoms with Crippen molar-refractivity contribution in [2.45, 2.75) is 46.2 Å². The molecule has 0 saturated carbocycles. The molecule has 0 heterocycles. The second-order valence-corrected chi connectivity index (χ2v) is 7.39. The average Bonchev–Trinajstić information content (AvgIpc) is 2.60. The first-order valence-corrected chi connectivity index (χ1v) is 8.96. The molecule has 26 heavy (non-hydrogen) atoms. The van der Waals surface area contributed by atoms with Crippen molar-refractivity contribution in [3.8, 4) is 0 Å². The molecule has 0 bridgehead atoms. The number of carbonyl (C=O) groups excluding carboxylic acids is 2. The van der Waals surface area contributed by atoms with Crippen molar-refractivity contribution in [3.05, 3.63) is 66.2 Å². The molecule has 2 amide bonds. The van der Waals surface area contributed by atoms with Crippen LogP contribution in [0.4, 0.5) is 5.69 Å². The Balaban J connectivity index is 2.17. The first-order chi connectivity index (χ1) is 12.3. The van der Waals surface area contributed by atoms with E-state index < -0.39 is 0 Å². The van der Waals surface area contributed by atoms with E-state index in [0.717, 1.165) is 11.3 Å². The molecule has 0 saturated heterocycles. The van der Waals surface area contributed by atoms with Gasteiger partial charge in [0, 0.05) is 31.1 Å². The van der Waals surface area contributed by atoms with Crippen LogP contribution >= 0.6 is 0 Å². The molecule has 0 spiro atoms. The lowest BCUT2D eigenvalue weighted by Gasteiger charge is -2.35. The molecular formula is C22H28N2O2. The van der Waals surface area contributed by atoms with Crippen LogP contribution in [0.2, 0.25) is 0 Å². The summed E-state index contributed by atoms with van der Waals surface area (Å²) in [6, 6.07) is 19.6. The number of rotatable bonds is 6. The highest BCUT2D eigenvalue weighted by Gasteiger charge is 2.25. The Kier molecular flexibility index (Phi) is 6.56. The monoisotopic (exact) mass is 352 g/mol. The SMILES string of the molecule is CC(=O)N(CCC(=O)N(Cc1ccccc1)c1ccccc1)C(C)(C)C. The molecule has 0 aliphatic rings. The number of benzene rings is 2. The lowest BCUT2D eigenvalue weighted by atomic mass is 10.1. The quantitative estimate of drug-likeness (QED) is 0.779. The van der Waals surface area contributed by atoms with E-state index >= 15 is 0 Å². The van der Waals surface area contributed by atoms with Crippen LogP contribution in [0, 0.1) is 0 Å². The van der Waals surface area contributed by atoms with Gasteiger partial charge in [-0.15, -0.1) is 0 Å². The van der Waals surface area contributed by atoms with E-state index in [4.69, 9.17) is 0 Å². The van der Waals surface area contributed by atoms with E-state index in [-0.39, 0.29) is 17.4 Å². The van der Waals surface area contributed by atoms with E-state index in [0.29, 0.717) is 19.5 Å². The van der Waals surface area contributed by atoms with Crippen molar-refractivity contribution in [2.24, 2.45) is 0 Å². The molecule has 0 unspecified atom stereocenters. The summed E-state index contributed by atoms with van der Waals surface area (Å²) in [7, 11) is 0. The molecule has 2 aromatic carbocycles. The van der Waals surface area contributed by atoms with Crippen LogP contribution in [0.1, 0.15) is 39.7 Å². The van der Waals surface area contributed by atoms with Gasteiger partial charge >= 0.3 is 0 Å². The van der Waals surface area contributed by atoms with Gasteiger partial charge in [-0.05, 0) is 38.5 Å². The molecule has 4 nitrogen and oxygen atoms in total. The number of para-hydroxylation sites is 1. The van der Waals surface area contributed by atoms with Crippen LogP contribution in [0.3, 0.4) is 0 Å². The fourth-order valence-electron chi connectivity index (χ4n) is 3.00. The van der Waals surface area contributed by atoms with Crippen molar-refractivity contribution in [1.82, 2.24) is 4.90 Å². The largest absolute Gasteiger partial charge is 0.338 e. The van der Waals surface area contributed by atoms with Gasteiger partial charge in [0.2, 0.25) is 11.8 Å². The first-order valence-electron chi connectivity index (χ1n) is 8.96. The summed E-state index contributed by atoms with van der Waals surface area (Å²) in [6.07, 6.45) is 0.290. The number of hydrogen-bond acceptors (Lipinski definition) is 2. The van der Waals surface area contributed by atoms with Crippen LogP contribution < -0.4 is 4.90 Å². The maximum Gasteiger partial charge on any atom is 0.229 e. The topological polar surface area (TPSA) is 40.6 Å². The summed E-state index contributed by atoms with van der Waals surface area (Å²) in [6.45, 7) is 8.43. The van der Waals surface area contributed by atoms with E-state index in [1.165, 1.54) is 0 Å².